The molecule has 1 aromatic heterocycles. The molecule has 0 atom stereocenters. The van der Waals surface area contributed by atoms with E-state index in [1.165, 1.54) is 6.20 Å². The van der Waals surface area contributed by atoms with E-state index in [1.807, 2.05) is 0 Å². The summed E-state index contributed by atoms with van der Waals surface area (Å²) in [5, 5.41) is 5.68. The van der Waals surface area contributed by atoms with Crippen molar-refractivity contribution in [2.24, 2.45) is 0 Å². The molecule has 108 valence electrons. The Balaban J connectivity index is 1.73. The van der Waals surface area contributed by atoms with Crippen LogP contribution in [-0.4, -0.2) is 29.4 Å². The summed E-state index contributed by atoms with van der Waals surface area (Å²) in [5.41, 5.74) is 0.336. The maximum absolute atomic E-state index is 12.2. The number of para-hydroxylation sites is 1. The van der Waals surface area contributed by atoms with Crippen molar-refractivity contribution in [1.82, 2.24) is 15.6 Å². The third kappa shape index (κ3) is 2.94. The second-order valence-electron chi connectivity index (χ2n) is 5.10. The van der Waals surface area contributed by atoms with Crippen molar-refractivity contribution in [3.63, 3.8) is 0 Å². The van der Waals surface area contributed by atoms with Gasteiger partial charge in [0.1, 0.15) is 5.56 Å². The van der Waals surface area contributed by atoms with Crippen LogP contribution in [0.5, 0.6) is 0 Å². The molecule has 2 aromatic rings. The summed E-state index contributed by atoms with van der Waals surface area (Å²) < 4.78 is 0. The quantitative estimate of drug-likeness (QED) is 0.765. The molecule has 3 rings (SSSR count). The molecule has 0 saturated heterocycles. The zero-order valence-electron chi connectivity index (χ0n) is 11.3. The van der Waals surface area contributed by atoms with Crippen LogP contribution in [0.15, 0.2) is 35.3 Å². The predicted octanol–water partition coefficient (Wildman–Crippen LogP) is 0.536. The Morgan fingerprint density at radius 1 is 1.24 bits per heavy atom. The number of hydrogen-bond acceptors (Lipinski definition) is 3. The number of carbonyl (C=O) groups excluding carboxylic acids is 2. The first kappa shape index (κ1) is 13.4. The van der Waals surface area contributed by atoms with Crippen LogP contribution in [-0.2, 0) is 4.79 Å². The molecule has 2 amide bonds. The Labute approximate surface area is 120 Å². The standard InChI is InChI=1S/C15H15N3O3/c19-13(18-9-5-6-9)8-17-15(21)11-7-16-12-4-2-1-3-10(12)14(11)20/h1-4,7,9H,5-6,8H2,(H,16,20)(H,17,21)(H,18,19). The van der Waals surface area contributed by atoms with Gasteiger partial charge in [-0.2, -0.15) is 0 Å². The second kappa shape index (κ2) is 5.40. The normalized spacial score (nSPS) is 13.9. The zero-order chi connectivity index (χ0) is 14.8. The van der Waals surface area contributed by atoms with Gasteiger partial charge in [-0.1, -0.05) is 12.1 Å². The van der Waals surface area contributed by atoms with E-state index in [-0.39, 0.29) is 29.5 Å². The van der Waals surface area contributed by atoms with Crippen LogP contribution in [0.4, 0.5) is 0 Å². The van der Waals surface area contributed by atoms with Crippen molar-refractivity contribution < 1.29 is 9.59 Å². The fourth-order valence-corrected chi connectivity index (χ4v) is 2.10. The highest BCUT2D eigenvalue weighted by molar-refractivity contribution is 5.98. The summed E-state index contributed by atoms with van der Waals surface area (Å²) in [6.45, 7) is -0.123. The minimum absolute atomic E-state index is 0.00734. The van der Waals surface area contributed by atoms with Gasteiger partial charge in [0, 0.05) is 23.1 Å². The summed E-state index contributed by atoms with van der Waals surface area (Å²) >= 11 is 0. The van der Waals surface area contributed by atoms with Crippen molar-refractivity contribution in [1.29, 1.82) is 0 Å². The molecule has 0 spiro atoms. The van der Waals surface area contributed by atoms with E-state index in [0.717, 1.165) is 12.8 Å². The van der Waals surface area contributed by atoms with Gasteiger partial charge >= 0.3 is 0 Å². The maximum atomic E-state index is 12.2. The van der Waals surface area contributed by atoms with Crippen LogP contribution in [0.2, 0.25) is 0 Å². The van der Waals surface area contributed by atoms with E-state index in [1.54, 1.807) is 24.3 Å². The number of fused-ring (bicyclic) bond motifs is 1. The molecule has 1 heterocycles. The number of benzene rings is 1. The SMILES string of the molecule is O=C(CNC(=O)c1c[nH]c2ccccc2c1=O)NC1CC1. The van der Waals surface area contributed by atoms with Crippen molar-refractivity contribution in [2.45, 2.75) is 18.9 Å². The average molecular weight is 285 g/mol. The number of rotatable bonds is 4. The van der Waals surface area contributed by atoms with Crippen LogP contribution in [0.25, 0.3) is 10.9 Å². The molecule has 1 fully saturated rings. The van der Waals surface area contributed by atoms with Crippen molar-refractivity contribution in [3.8, 4) is 0 Å². The minimum Gasteiger partial charge on any atom is -0.360 e. The van der Waals surface area contributed by atoms with Gasteiger partial charge in [0.05, 0.1) is 6.54 Å². The highest BCUT2D eigenvalue weighted by atomic mass is 16.2. The number of amides is 2. The Morgan fingerprint density at radius 3 is 2.76 bits per heavy atom. The highest BCUT2D eigenvalue weighted by Crippen LogP contribution is 2.18. The summed E-state index contributed by atoms with van der Waals surface area (Å²) in [5.74, 6) is -0.781. The van der Waals surface area contributed by atoms with Crippen LogP contribution in [0.3, 0.4) is 0 Å². The number of hydrogen-bond donors (Lipinski definition) is 3. The Bertz CT molecular complexity index is 762. The molecular weight excluding hydrogens is 270 g/mol. The van der Waals surface area contributed by atoms with E-state index in [9.17, 15) is 14.4 Å². The van der Waals surface area contributed by atoms with Crippen LogP contribution in [0, 0.1) is 0 Å². The number of H-pyrrole nitrogens is 1. The van der Waals surface area contributed by atoms with E-state index in [0.29, 0.717) is 10.9 Å². The molecule has 6 heteroatoms. The number of aromatic nitrogens is 1. The summed E-state index contributed by atoms with van der Waals surface area (Å²) in [6.07, 6.45) is 3.35. The van der Waals surface area contributed by atoms with Crippen molar-refractivity contribution >= 4 is 22.7 Å². The topological polar surface area (TPSA) is 91.1 Å². The number of aromatic amines is 1. The smallest absolute Gasteiger partial charge is 0.257 e. The average Bonchev–Trinajstić information content (AvgIpc) is 3.29. The van der Waals surface area contributed by atoms with Gasteiger partial charge in [-0.25, -0.2) is 0 Å². The molecule has 1 aromatic carbocycles. The lowest BCUT2D eigenvalue weighted by atomic mass is 10.1. The molecule has 1 aliphatic rings. The molecule has 21 heavy (non-hydrogen) atoms. The van der Waals surface area contributed by atoms with Crippen LogP contribution < -0.4 is 16.1 Å². The highest BCUT2D eigenvalue weighted by Gasteiger charge is 2.23. The molecule has 0 unspecified atom stereocenters. The second-order valence-corrected chi connectivity index (χ2v) is 5.10. The Hall–Kier alpha value is -2.63. The fourth-order valence-electron chi connectivity index (χ4n) is 2.10. The van der Waals surface area contributed by atoms with Gasteiger partial charge in [0.15, 0.2) is 0 Å². The monoisotopic (exact) mass is 285 g/mol. The van der Waals surface area contributed by atoms with Gasteiger partial charge in [0.25, 0.3) is 5.91 Å². The van der Waals surface area contributed by atoms with E-state index in [2.05, 4.69) is 15.6 Å². The molecular formula is C15H15N3O3. The van der Waals surface area contributed by atoms with Gasteiger partial charge < -0.3 is 15.6 Å². The largest absolute Gasteiger partial charge is 0.360 e. The van der Waals surface area contributed by atoms with Gasteiger partial charge in [0.2, 0.25) is 11.3 Å². The zero-order valence-corrected chi connectivity index (χ0v) is 11.3. The van der Waals surface area contributed by atoms with Gasteiger partial charge in [-0.15, -0.1) is 0 Å². The van der Waals surface area contributed by atoms with Gasteiger partial charge in [-0.3, -0.25) is 14.4 Å². The predicted molar refractivity (Wildman–Crippen MR) is 78.1 cm³/mol. The van der Waals surface area contributed by atoms with E-state index >= 15 is 0 Å². The van der Waals surface area contributed by atoms with E-state index in [4.69, 9.17) is 0 Å². The molecule has 3 N–H and O–H groups in total. The first-order valence-electron chi connectivity index (χ1n) is 6.83. The molecule has 1 saturated carbocycles. The third-order valence-corrected chi connectivity index (χ3v) is 3.38. The van der Waals surface area contributed by atoms with Crippen LogP contribution in [0.1, 0.15) is 23.2 Å². The number of nitrogens with one attached hydrogen (secondary N) is 3. The summed E-state index contributed by atoms with van der Waals surface area (Å²) in [7, 11) is 0. The van der Waals surface area contributed by atoms with Crippen molar-refractivity contribution in [3.05, 3.63) is 46.2 Å². The maximum Gasteiger partial charge on any atom is 0.257 e. The summed E-state index contributed by atoms with van der Waals surface area (Å²) in [6, 6.07) is 7.22. The lowest BCUT2D eigenvalue weighted by Gasteiger charge is -2.06. The van der Waals surface area contributed by atoms with Crippen molar-refractivity contribution in [2.75, 3.05) is 6.54 Å². The molecule has 0 radical (unpaired) electrons. The number of pyridine rings is 1. The van der Waals surface area contributed by atoms with Crippen LogP contribution >= 0.6 is 0 Å². The fraction of sp³-hybridized carbons (Fsp3) is 0.267. The lowest BCUT2D eigenvalue weighted by molar-refractivity contribution is -0.120. The minimum atomic E-state index is -0.548. The Morgan fingerprint density at radius 2 is 2.00 bits per heavy atom. The lowest BCUT2D eigenvalue weighted by Crippen LogP contribution is -2.39. The first-order valence-corrected chi connectivity index (χ1v) is 6.83. The molecule has 0 aliphatic heterocycles. The molecule has 6 nitrogen and oxygen atoms in total. The third-order valence-electron chi connectivity index (χ3n) is 3.38. The summed E-state index contributed by atoms with van der Waals surface area (Å²) in [4.78, 5) is 38.6. The van der Waals surface area contributed by atoms with E-state index < -0.39 is 5.91 Å². The molecule has 0 bridgehead atoms. The first-order chi connectivity index (χ1) is 10.1. The van der Waals surface area contributed by atoms with Gasteiger partial charge in [-0.05, 0) is 25.0 Å². The number of carbonyl (C=O) groups is 2. The molecule has 1 aliphatic carbocycles. The Kier molecular flexibility index (Phi) is 3.43.